The van der Waals surface area contributed by atoms with E-state index in [1.165, 1.54) is 12.8 Å². The summed E-state index contributed by atoms with van der Waals surface area (Å²) in [5, 5.41) is 13.1. The SMILES string of the molecule is COc1cccc(CNC2CC2)c1OC(C)C(C)O. The Labute approximate surface area is 114 Å². The lowest BCUT2D eigenvalue weighted by Gasteiger charge is -2.21. The predicted molar refractivity (Wildman–Crippen MR) is 74.6 cm³/mol. The number of para-hydroxylation sites is 1. The van der Waals surface area contributed by atoms with E-state index in [0.29, 0.717) is 11.8 Å². The molecule has 0 heterocycles. The Morgan fingerprint density at radius 1 is 1.37 bits per heavy atom. The highest BCUT2D eigenvalue weighted by Gasteiger charge is 2.22. The van der Waals surface area contributed by atoms with Gasteiger partial charge in [-0.15, -0.1) is 0 Å². The molecule has 1 aromatic carbocycles. The Kier molecular flexibility index (Phi) is 4.66. The lowest BCUT2D eigenvalue weighted by Crippen LogP contribution is -2.27. The van der Waals surface area contributed by atoms with E-state index >= 15 is 0 Å². The smallest absolute Gasteiger partial charge is 0.166 e. The predicted octanol–water partition coefficient (Wildman–Crippen LogP) is 2.10. The quantitative estimate of drug-likeness (QED) is 0.792. The van der Waals surface area contributed by atoms with E-state index in [9.17, 15) is 5.11 Å². The van der Waals surface area contributed by atoms with E-state index in [4.69, 9.17) is 9.47 Å². The van der Waals surface area contributed by atoms with Crippen LogP contribution in [0.3, 0.4) is 0 Å². The van der Waals surface area contributed by atoms with Gasteiger partial charge in [-0.05, 0) is 32.8 Å². The highest BCUT2D eigenvalue weighted by Crippen LogP contribution is 2.33. The number of nitrogens with one attached hydrogen (secondary N) is 1. The van der Waals surface area contributed by atoms with Crippen molar-refractivity contribution in [2.45, 2.75) is 51.5 Å². The van der Waals surface area contributed by atoms with Gasteiger partial charge in [0.25, 0.3) is 0 Å². The normalized spacial score (nSPS) is 17.9. The van der Waals surface area contributed by atoms with Crippen LogP contribution in [0.25, 0.3) is 0 Å². The molecule has 4 heteroatoms. The molecular weight excluding hydrogens is 242 g/mol. The maximum absolute atomic E-state index is 9.58. The molecule has 0 aromatic heterocycles. The summed E-state index contributed by atoms with van der Waals surface area (Å²) in [6.07, 6.45) is 1.72. The number of aliphatic hydroxyl groups excluding tert-OH is 1. The largest absolute Gasteiger partial charge is 0.493 e. The van der Waals surface area contributed by atoms with E-state index in [2.05, 4.69) is 5.32 Å². The van der Waals surface area contributed by atoms with Gasteiger partial charge in [-0.25, -0.2) is 0 Å². The summed E-state index contributed by atoms with van der Waals surface area (Å²) in [6.45, 7) is 4.35. The summed E-state index contributed by atoms with van der Waals surface area (Å²) in [6, 6.07) is 6.52. The van der Waals surface area contributed by atoms with Crippen LogP contribution in [-0.2, 0) is 6.54 Å². The van der Waals surface area contributed by atoms with Crippen LogP contribution >= 0.6 is 0 Å². The van der Waals surface area contributed by atoms with Crippen molar-refractivity contribution in [2.24, 2.45) is 0 Å². The third-order valence-corrected chi connectivity index (χ3v) is 3.42. The highest BCUT2D eigenvalue weighted by atomic mass is 16.5. The molecule has 1 aromatic rings. The molecule has 1 fully saturated rings. The maximum Gasteiger partial charge on any atom is 0.166 e. The van der Waals surface area contributed by atoms with Gasteiger partial charge in [0.1, 0.15) is 6.10 Å². The molecule has 2 N–H and O–H groups in total. The molecule has 0 aliphatic heterocycles. The second kappa shape index (κ2) is 6.26. The fraction of sp³-hybridized carbons (Fsp3) is 0.600. The first kappa shape index (κ1) is 14.2. The average molecular weight is 265 g/mol. The summed E-state index contributed by atoms with van der Waals surface area (Å²) < 4.78 is 11.2. The molecule has 1 aliphatic carbocycles. The molecule has 0 radical (unpaired) electrons. The summed E-state index contributed by atoms with van der Waals surface area (Å²) in [4.78, 5) is 0. The summed E-state index contributed by atoms with van der Waals surface area (Å²) in [7, 11) is 1.63. The number of aliphatic hydroxyl groups is 1. The van der Waals surface area contributed by atoms with E-state index < -0.39 is 6.10 Å². The fourth-order valence-corrected chi connectivity index (χ4v) is 1.82. The average Bonchev–Trinajstić information content (AvgIpc) is 3.21. The minimum Gasteiger partial charge on any atom is -0.493 e. The van der Waals surface area contributed by atoms with Crippen molar-refractivity contribution >= 4 is 0 Å². The number of hydrogen-bond donors (Lipinski definition) is 2. The van der Waals surface area contributed by atoms with Crippen molar-refractivity contribution in [1.82, 2.24) is 5.32 Å². The van der Waals surface area contributed by atoms with Crippen molar-refractivity contribution in [1.29, 1.82) is 0 Å². The molecule has 4 nitrogen and oxygen atoms in total. The van der Waals surface area contributed by atoms with Crippen LogP contribution < -0.4 is 14.8 Å². The molecule has 106 valence electrons. The van der Waals surface area contributed by atoms with Gasteiger partial charge in [0.2, 0.25) is 0 Å². The van der Waals surface area contributed by atoms with Gasteiger partial charge in [-0.1, -0.05) is 12.1 Å². The second-order valence-electron chi connectivity index (χ2n) is 5.17. The zero-order chi connectivity index (χ0) is 13.8. The fourth-order valence-electron chi connectivity index (χ4n) is 1.82. The molecular formula is C15H23NO3. The van der Waals surface area contributed by atoms with Gasteiger partial charge in [0, 0.05) is 18.2 Å². The third kappa shape index (κ3) is 3.85. The minimum atomic E-state index is -0.519. The minimum absolute atomic E-state index is 0.268. The molecule has 1 saturated carbocycles. The molecule has 0 amide bonds. The van der Waals surface area contributed by atoms with Crippen molar-refractivity contribution in [2.75, 3.05) is 7.11 Å². The lowest BCUT2D eigenvalue weighted by atomic mass is 10.1. The molecule has 0 spiro atoms. The third-order valence-electron chi connectivity index (χ3n) is 3.42. The van der Waals surface area contributed by atoms with Crippen molar-refractivity contribution < 1.29 is 14.6 Å². The van der Waals surface area contributed by atoms with Crippen molar-refractivity contribution in [3.8, 4) is 11.5 Å². The summed E-state index contributed by atoms with van der Waals surface area (Å²) >= 11 is 0. The standard InChI is InChI=1S/C15H23NO3/c1-10(17)11(2)19-15-12(9-16-13-7-8-13)5-4-6-14(15)18-3/h4-6,10-11,13,16-17H,7-9H2,1-3H3. The van der Waals surface area contributed by atoms with Gasteiger partial charge < -0.3 is 19.9 Å². The number of benzene rings is 1. The van der Waals surface area contributed by atoms with Crippen LogP contribution in [0.4, 0.5) is 0 Å². The number of hydrogen-bond acceptors (Lipinski definition) is 4. The van der Waals surface area contributed by atoms with E-state index in [1.807, 2.05) is 25.1 Å². The van der Waals surface area contributed by atoms with Crippen LogP contribution in [0.15, 0.2) is 18.2 Å². The lowest BCUT2D eigenvalue weighted by molar-refractivity contribution is 0.0579. The van der Waals surface area contributed by atoms with Gasteiger partial charge in [-0.3, -0.25) is 0 Å². The molecule has 0 saturated heterocycles. The first-order valence-corrected chi connectivity index (χ1v) is 6.85. The van der Waals surface area contributed by atoms with E-state index in [1.54, 1.807) is 14.0 Å². The number of methoxy groups -OCH3 is 1. The molecule has 1 aliphatic rings. The second-order valence-corrected chi connectivity index (χ2v) is 5.17. The molecule has 2 rings (SSSR count). The van der Waals surface area contributed by atoms with E-state index in [0.717, 1.165) is 17.9 Å². The van der Waals surface area contributed by atoms with Crippen LogP contribution in [0.5, 0.6) is 11.5 Å². The van der Waals surface area contributed by atoms with Gasteiger partial charge in [0.15, 0.2) is 11.5 Å². The Bertz CT molecular complexity index is 416. The van der Waals surface area contributed by atoms with Gasteiger partial charge in [-0.2, -0.15) is 0 Å². The maximum atomic E-state index is 9.58. The summed E-state index contributed by atoms with van der Waals surface area (Å²) in [5.41, 5.74) is 1.07. The highest BCUT2D eigenvalue weighted by molar-refractivity contribution is 5.46. The van der Waals surface area contributed by atoms with Crippen molar-refractivity contribution in [3.05, 3.63) is 23.8 Å². The van der Waals surface area contributed by atoms with Crippen LogP contribution in [0, 0.1) is 0 Å². The Morgan fingerprint density at radius 3 is 2.68 bits per heavy atom. The first-order valence-electron chi connectivity index (χ1n) is 6.85. The van der Waals surface area contributed by atoms with Gasteiger partial charge in [0.05, 0.1) is 13.2 Å². The zero-order valence-corrected chi connectivity index (χ0v) is 11.8. The van der Waals surface area contributed by atoms with Crippen LogP contribution in [0.1, 0.15) is 32.3 Å². The number of rotatable bonds is 7. The van der Waals surface area contributed by atoms with Crippen LogP contribution in [0.2, 0.25) is 0 Å². The Balaban J connectivity index is 2.14. The Morgan fingerprint density at radius 2 is 2.11 bits per heavy atom. The molecule has 2 atom stereocenters. The molecule has 2 unspecified atom stereocenters. The topological polar surface area (TPSA) is 50.7 Å². The van der Waals surface area contributed by atoms with E-state index in [-0.39, 0.29) is 6.10 Å². The van der Waals surface area contributed by atoms with Crippen molar-refractivity contribution in [3.63, 3.8) is 0 Å². The first-order chi connectivity index (χ1) is 9.11. The zero-order valence-electron chi connectivity index (χ0n) is 11.8. The summed E-state index contributed by atoms with van der Waals surface area (Å²) in [5.74, 6) is 1.44. The van der Waals surface area contributed by atoms with Gasteiger partial charge >= 0.3 is 0 Å². The number of ether oxygens (including phenoxy) is 2. The monoisotopic (exact) mass is 265 g/mol. The Hall–Kier alpha value is -1.26. The van der Waals surface area contributed by atoms with Crippen LogP contribution in [-0.4, -0.2) is 30.5 Å². The molecule has 19 heavy (non-hydrogen) atoms. The molecule has 0 bridgehead atoms.